The summed E-state index contributed by atoms with van der Waals surface area (Å²) in [4.78, 5) is 27.1. The molecule has 7 rings (SSSR count). The third kappa shape index (κ3) is 4.72. The second kappa shape index (κ2) is 9.64. The van der Waals surface area contributed by atoms with Gasteiger partial charge in [-0.05, 0) is 54.8 Å². The van der Waals surface area contributed by atoms with Crippen LogP contribution in [0, 0.1) is 0 Å². The van der Waals surface area contributed by atoms with Gasteiger partial charge in [0.1, 0.15) is 0 Å². The van der Waals surface area contributed by atoms with E-state index in [1.807, 2.05) is 30.3 Å². The minimum absolute atomic E-state index is 0.107. The number of nitrogens with one attached hydrogen (secondary N) is 2. The first kappa shape index (κ1) is 22.0. The first-order valence-corrected chi connectivity index (χ1v) is 12.4. The van der Waals surface area contributed by atoms with Crippen LogP contribution in [0.15, 0.2) is 54.7 Å². The van der Waals surface area contributed by atoms with Crippen molar-refractivity contribution in [2.24, 2.45) is 0 Å². The van der Waals surface area contributed by atoms with E-state index >= 15 is 0 Å². The van der Waals surface area contributed by atoms with E-state index < -0.39 is 0 Å². The number of aromatic nitrogens is 2. The molecule has 1 aromatic heterocycles. The number of carbonyl (C=O) groups is 1. The van der Waals surface area contributed by atoms with Crippen molar-refractivity contribution in [2.75, 3.05) is 43.1 Å². The van der Waals surface area contributed by atoms with Gasteiger partial charge >= 0.3 is 0 Å². The van der Waals surface area contributed by atoms with Gasteiger partial charge in [0.05, 0.1) is 24.9 Å². The summed E-state index contributed by atoms with van der Waals surface area (Å²) in [5.74, 6) is 0.674. The zero-order chi connectivity index (χ0) is 23.6. The molecule has 35 heavy (non-hydrogen) atoms. The Kier molecular flexibility index (Phi) is 6.06. The van der Waals surface area contributed by atoms with E-state index in [0.717, 1.165) is 74.7 Å². The van der Waals surface area contributed by atoms with E-state index in [1.165, 1.54) is 11.3 Å². The molecule has 180 valence electrons. The Bertz CT molecular complexity index is 1210. The number of ether oxygens (including phenoxy) is 1. The van der Waals surface area contributed by atoms with Crippen LogP contribution in [0.5, 0.6) is 0 Å². The molecule has 4 aliphatic heterocycles. The first-order valence-electron chi connectivity index (χ1n) is 12.4. The number of amides is 1. The molecular weight excluding hydrogens is 440 g/mol. The molecule has 1 atom stereocenters. The van der Waals surface area contributed by atoms with Crippen LogP contribution in [0.3, 0.4) is 0 Å². The fourth-order valence-corrected chi connectivity index (χ4v) is 5.24. The highest BCUT2D eigenvalue weighted by atomic mass is 16.5. The Labute approximate surface area is 205 Å². The third-order valence-electron chi connectivity index (χ3n) is 7.10. The van der Waals surface area contributed by atoms with Crippen LogP contribution >= 0.6 is 0 Å². The number of hydrogen-bond acceptors (Lipinski definition) is 7. The second-order valence-corrected chi connectivity index (χ2v) is 9.38. The second-order valence-electron chi connectivity index (χ2n) is 9.38. The lowest BCUT2D eigenvalue weighted by molar-refractivity contribution is -0.125. The van der Waals surface area contributed by atoms with Crippen molar-refractivity contribution in [3.8, 4) is 11.3 Å². The molecule has 6 bridgehead atoms. The average molecular weight is 471 g/mol. The molecule has 0 saturated carbocycles. The monoisotopic (exact) mass is 470 g/mol. The van der Waals surface area contributed by atoms with Crippen LogP contribution in [0.25, 0.3) is 11.3 Å². The number of carbonyl (C=O) groups excluding carboxylic acids is 1. The van der Waals surface area contributed by atoms with Crippen LogP contribution < -0.4 is 15.5 Å². The quantitative estimate of drug-likeness (QED) is 0.565. The van der Waals surface area contributed by atoms with Crippen molar-refractivity contribution in [2.45, 2.75) is 32.0 Å². The van der Waals surface area contributed by atoms with Crippen molar-refractivity contribution in [3.63, 3.8) is 0 Å². The summed E-state index contributed by atoms with van der Waals surface area (Å²) >= 11 is 0. The summed E-state index contributed by atoms with van der Waals surface area (Å²) in [6, 6.07) is 16.4. The minimum atomic E-state index is -0.113. The number of hydrogen-bond donors (Lipinski definition) is 2. The highest BCUT2D eigenvalue weighted by Crippen LogP contribution is 2.31. The van der Waals surface area contributed by atoms with Crippen LogP contribution in [0.2, 0.25) is 0 Å². The van der Waals surface area contributed by atoms with Crippen molar-refractivity contribution in [1.29, 1.82) is 0 Å². The SMILES string of the molecule is O=C1NCc2ccc(cc2)-c2ccnc(n2)Nc2ccc(N3CCOCC3)c(c2)CN2CCC[C@@H]12. The number of rotatable bonds is 1. The lowest BCUT2D eigenvalue weighted by atomic mass is 10.1. The molecule has 8 heteroatoms. The molecule has 2 fully saturated rings. The van der Waals surface area contributed by atoms with E-state index in [4.69, 9.17) is 9.72 Å². The lowest BCUT2D eigenvalue weighted by Gasteiger charge is -2.32. The molecule has 2 saturated heterocycles. The summed E-state index contributed by atoms with van der Waals surface area (Å²) in [7, 11) is 0. The van der Waals surface area contributed by atoms with E-state index in [1.54, 1.807) is 6.20 Å². The van der Waals surface area contributed by atoms with Crippen LogP contribution in [0.4, 0.5) is 17.3 Å². The summed E-state index contributed by atoms with van der Waals surface area (Å²) in [5.41, 5.74) is 6.28. The molecule has 0 radical (unpaired) electrons. The predicted molar refractivity (Wildman–Crippen MR) is 136 cm³/mol. The lowest BCUT2D eigenvalue weighted by Crippen LogP contribution is -2.43. The minimum Gasteiger partial charge on any atom is -0.378 e. The number of benzene rings is 2. The molecule has 5 heterocycles. The highest BCUT2D eigenvalue weighted by Gasteiger charge is 2.31. The normalized spacial score (nSPS) is 20.6. The molecule has 2 aromatic carbocycles. The Balaban J connectivity index is 1.40. The summed E-state index contributed by atoms with van der Waals surface area (Å²) < 4.78 is 5.58. The van der Waals surface area contributed by atoms with Crippen LogP contribution in [-0.4, -0.2) is 59.7 Å². The van der Waals surface area contributed by atoms with Crippen molar-refractivity contribution < 1.29 is 9.53 Å². The van der Waals surface area contributed by atoms with Gasteiger partial charge in [-0.2, -0.15) is 0 Å². The van der Waals surface area contributed by atoms with Gasteiger partial charge < -0.3 is 20.3 Å². The van der Waals surface area contributed by atoms with Gasteiger partial charge in [0, 0.05) is 49.3 Å². The molecule has 3 aromatic rings. The molecule has 8 nitrogen and oxygen atoms in total. The zero-order valence-electron chi connectivity index (χ0n) is 19.7. The van der Waals surface area contributed by atoms with Gasteiger partial charge in [-0.1, -0.05) is 24.3 Å². The predicted octanol–water partition coefficient (Wildman–Crippen LogP) is 3.32. The molecule has 0 spiro atoms. The van der Waals surface area contributed by atoms with Crippen molar-refractivity contribution >= 4 is 23.2 Å². The van der Waals surface area contributed by atoms with Crippen molar-refractivity contribution in [1.82, 2.24) is 20.2 Å². The number of anilines is 3. The summed E-state index contributed by atoms with van der Waals surface area (Å²) in [6.45, 7) is 5.35. The van der Waals surface area contributed by atoms with Crippen LogP contribution in [-0.2, 0) is 22.6 Å². The topological polar surface area (TPSA) is 82.6 Å². The van der Waals surface area contributed by atoms with Crippen LogP contribution in [0.1, 0.15) is 24.0 Å². The van der Waals surface area contributed by atoms with Gasteiger partial charge in [-0.3, -0.25) is 9.69 Å². The van der Waals surface area contributed by atoms with Gasteiger partial charge in [0.25, 0.3) is 0 Å². The summed E-state index contributed by atoms with van der Waals surface area (Å²) in [5, 5.41) is 6.57. The molecule has 0 unspecified atom stereocenters. The molecular formula is C27H30N6O2. The number of nitrogens with zero attached hydrogens (tertiary/aromatic N) is 4. The van der Waals surface area contributed by atoms with Gasteiger partial charge in [0.2, 0.25) is 11.9 Å². The van der Waals surface area contributed by atoms with E-state index in [9.17, 15) is 4.79 Å². The summed E-state index contributed by atoms with van der Waals surface area (Å²) in [6.07, 6.45) is 3.69. The van der Waals surface area contributed by atoms with Crippen molar-refractivity contribution in [3.05, 3.63) is 65.9 Å². The maximum Gasteiger partial charge on any atom is 0.237 e. The molecule has 0 aliphatic carbocycles. The maximum absolute atomic E-state index is 13.2. The molecule has 4 aliphatic rings. The smallest absolute Gasteiger partial charge is 0.237 e. The molecule has 1 amide bonds. The fourth-order valence-electron chi connectivity index (χ4n) is 5.24. The van der Waals surface area contributed by atoms with E-state index in [2.05, 4.69) is 43.6 Å². The first-order chi connectivity index (χ1) is 17.2. The Morgan fingerprint density at radius 2 is 1.86 bits per heavy atom. The standard InChI is InChI=1S/C27H30N6O2/c34-26-25-2-1-11-33(25)18-21-16-22(7-8-24(21)32-12-14-35-15-13-32)30-27-28-10-9-23(31-27)20-5-3-19(4-6-20)17-29-26/h3-10,16,25H,1-2,11-15,17-18H2,(H,29,34)(H,28,30,31)/t25-/m0/s1. The number of fused-ring (bicyclic) bond motifs is 4. The Morgan fingerprint density at radius 1 is 1.00 bits per heavy atom. The maximum atomic E-state index is 13.2. The van der Waals surface area contributed by atoms with Gasteiger partial charge in [-0.15, -0.1) is 0 Å². The number of morpholine rings is 1. The van der Waals surface area contributed by atoms with Gasteiger partial charge in [0.15, 0.2) is 0 Å². The Hall–Kier alpha value is -3.49. The highest BCUT2D eigenvalue weighted by molar-refractivity contribution is 5.82. The van der Waals surface area contributed by atoms with Gasteiger partial charge in [-0.25, -0.2) is 9.97 Å². The van der Waals surface area contributed by atoms with E-state index in [-0.39, 0.29) is 11.9 Å². The Morgan fingerprint density at radius 3 is 2.71 bits per heavy atom. The zero-order valence-corrected chi connectivity index (χ0v) is 19.7. The van der Waals surface area contributed by atoms with E-state index in [0.29, 0.717) is 12.5 Å². The third-order valence-corrected chi connectivity index (χ3v) is 7.10. The largest absolute Gasteiger partial charge is 0.378 e. The molecule has 2 N–H and O–H groups in total. The average Bonchev–Trinajstić information content (AvgIpc) is 3.36. The fraction of sp³-hybridized carbons (Fsp3) is 0.370.